The van der Waals surface area contributed by atoms with E-state index < -0.39 is 6.17 Å². The van der Waals surface area contributed by atoms with E-state index in [4.69, 9.17) is 4.98 Å². The van der Waals surface area contributed by atoms with Crippen LogP contribution in [0.4, 0.5) is 16.0 Å². The van der Waals surface area contributed by atoms with Crippen LogP contribution < -0.4 is 9.80 Å². The summed E-state index contributed by atoms with van der Waals surface area (Å²) in [5, 5.41) is 9.72. The standard InChI is InChI=1S/C20H21FN6O/c21-14-5-7-26(10-14)18-4-2-16-20(25-18)19(24-12-23-16)13-1-3-17(22-9-13)27-8-6-15(28)11-27/h1-4,9,12,14-15,28H,5-8,10-11H2. The molecule has 2 aliphatic rings. The minimum atomic E-state index is -0.801. The highest BCUT2D eigenvalue weighted by molar-refractivity contribution is 5.89. The number of aliphatic hydroxyl groups is 1. The lowest BCUT2D eigenvalue weighted by molar-refractivity contribution is 0.198. The first-order valence-corrected chi connectivity index (χ1v) is 9.57. The van der Waals surface area contributed by atoms with Gasteiger partial charge in [0, 0.05) is 31.4 Å². The Bertz CT molecular complexity index is 998. The van der Waals surface area contributed by atoms with Crippen molar-refractivity contribution in [1.29, 1.82) is 0 Å². The highest BCUT2D eigenvalue weighted by atomic mass is 19.1. The van der Waals surface area contributed by atoms with Crippen molar-refractivity contribution < 1.29 is 9.50 Å². The summed E-state index contributed by atoms with van der Waals surface area (Å²) in [6, 6.07) is 7.70. The highest BCUT2D eigenvalue weighted by Crippen LogP contribution is 2.28. The fraction of sp³-hybridized carbons (Fsp3) is 0.400. The smallest absolute Gasteiger partial charge is 0.129 e. The third kappa shape index (κ3) is 3.13. The molecule has 0 radical (unpaired) electrons. The summed E-state index contributed by atoms with van der Waals surface area (Å²) in [6.07, 6.45) is 3.52. The number of rotatable bonds is 3. The molecule has 3 aromatic heterocycles. The molecule has 2 saturated heterocycles. The van der Waals surface area contributed by atoms with Crippen molar-refractivity contribution in [2.45, 2.75) is 25.1 Å². The van der Waals surface area contributed by atoms with Crippen LogP contribution in [0.3, 0.4) is 0 Å². The van der Waals surface area contributed by atoms with Gasteiger partial charge in [-0.1, -0.05) is 0 Å². The normalized spacial score (nSPS) is 22.4. The van der Waals surface area contributed by atoms with Crippen molar-refractivity contribution in [3.05, 3.63) is 36.8 Å². The fourth-order valence-corrected chi connectivity index (χ4v) is 3.91. The number of alkyl halides is 1. The predicted octanol–water partition coefficient (Wildman–Crippen LogP) is 2.21. The maximum Gasteiger partial charge on any atom is 0.129 e. The number of hydrogen-bond acceptors (Lipinski definition) is 7. The first-order valence-electron chi connectivity index (χ1n) is 9.57. The van der Waals surface area contributed by atoms with Gasteiger partial charge in [0.25, 0.3) is 0 Å². The summed E-state index contributed by atoms with van der Waals surface area (Å²) in [6.45, 7) is 2.46. The molecule has 2 atom stereocenters. The van der Waals surface area contributed by atoms with Gasteiger partial charge in [0.1, 0.15) is 35.3 Å². The van der Waals surface area contributed by atoms with Crippen molar-refractivity contribution in [3.8, 4) is 11.3 Å². The molecule has 7 nitrogen and oxygen atoms in total. The molecule has 1 N–H and O–H groups in total. The number of aromatic nitrogens is 4. The number of β-amino-alcohol motifs (C(OH)–C–C–N with tert-alkyl or cyclic N) is 1. The minimum Gasteiger partial charge on any atom is -0.391 e. The van der Waals surface area contributed by atoms with Crippen molar-refractivity contribution >= 4 is 22.7 Å². The Kier molecular flexibility index (Phi) is 4.27. The van der Waals surface area contributed by atoms with E-state index >= 15 is 0 Å². The van der Waals surface area contributed by atoms with E-state index in [0.717, 1.165) is 35.7 Å². The second-order valence-corrected chi connectivity index (χ2v) is 7.39. The SMILES string of the molecule is OC1CCN(c2ccc(-c3ncnc4ccc(N5CCC(F)C5)nc34)cn2)C1. The summed E-state index contributed by atoms with van der Waals surface area (Å²) >= 11 is 0. The van der Waals surface area contributed by atoms with Crippen LogP contribution >= 0.6 is 0 Å². The molecule has 0 saturated carbocycles. The Balaban J connectivity index is 1.49. The molecule has 0 aliphatic carbocycles. The highest BCUT2D eigenvalue weighted by Gasteiger charge is 2.24. The summed E-state index contributed by atoms with van der Waals surface area (Å²) in [4.78, 5) is 22.1. The topological polar surface area (TPSA) is 78.3 Å². The predicted molar refractivity (Wildman–Crippen MR) is 105 cm³/mol. The third-order valence-corrected chi connectivity index (χ3v) is 5.43. The second kappa shape index (κ2) is 6.94. The first kappa shape index (κ1) is 17.2. The second-order valence-electron chi connectivity index (χ2n) is 7.39. The number of aliphatic hydroxyl groups excluding tert-OH is 1. The van der Waals surface area contributed by atoms with Crippen LogP contribution in [0.15, 0.2) is 36.8 Å². The van der Waals surface area contributed by atoms with Crippen molar-refractivity contribution in [2.24, 2.45) is 0 Å². The number of halogens is 1. The van der Waals surface area contributed by atoms with Gasteiger partial charge in [-0.3, -0.25) is 0 Å². The van der Waals surface area contributed by atoms with Gasteiger partial charge in [0.05, 0.1) is 18.2 Å². The van der Waals surface area contributed by atoms with Gasteiger partial charge in [-0.25, -0.2) is 24.3 Å². The van der Waals surface area contributed by atoms with Gasteiger partial charge >= 0.3 is 0 Å². The van der Waals surface area contributed by atoms with Crippen molar-refractivity contribution in [1.82, 2.24) is 19.9 Å². The summed E-state index contributed by atoms with van der Waals surface area (Å²) in [5.74, 6) is 1.60. The largest absolute Gasteiger partial charge is 0.391 e. The monoisotopic (exact) mass is 380 g/mol. The Hall–Kier alpha value is -2.87. The van der Waals surface area contributed by atoms with E-state index in [9.17, 15) is 9.50 Å². The van der Waals surface area contributed by atoms with E-state index in [1.165, 1.54) is 6.33 Å². The van der Waals surface area contributed by atoms with Gasteiger partial charge in [-0.2, -0.15) is 0 Å². The molecular weight excluding hydrogens is 359 g/mol. The maximum absolute atomic E-state index is 13.6. The van der Waals surface area contributed by atoms with Crippen LogP contribution in [-0.2, 0) is 0 Å². The van der Waals surface area contributed by atoms with Crippen LogP contribution in [0, 0.1) is 0 Å². The lowest BCUT2D eigenvalue weighted by Crippen LogP contribution is -2.22. The van der Waals surface area contributed by atoms with Crippen LogP contribution in [0.5, 0.6) is 0 Å². The molecule has 28 heavy (non-hydrogen) atoms. The van der Waals surface area contributed by atoms with Crippen LogP contribution in [0.25, 0.3) is 22.3 Å². The fourth-order valence-electron chi connectivity index (χ4n) is 3.91. The Morgan fingerprint density at radius 1 is 0.929 bits per heavy atom. The Morgan fingerprint density at radius 2 is 1.75 bits per heavy atom. The number of hydrogen-bond donors (Lipinski definition) is 1. The number of fused-ring (bicyclic) bond motifs is 1. The van der Waals surface area contributed by atoms with E-state index in [1.807, 2.05) is 29.2 Å². The molecule has 0 aromatic carbocycles. The molecule has 2 fully saturated rings. The molecular formula is C20H21FN6O. The Labute approximate surface area is 161 Å². The maximum atomic E-state index is 13.6. The van der Waals surface area contributed by atoms with Crippen molar-refractivity contribution in [2.75, 3.05) is 36.0 Å². The quantitative estimate of drug-likeness (QED) is 0.746. The molecule has 2 unspecified atom stereocenters. The van der Waals surface area contributed by atoms with Crippen LogP contribution in [-0.4, -0.2) is 63.5 Å². The van der Waals surface area contributed by atoms with Crippen LogP contribution in [0.2, 0.25) is 0 Å². The average Bonchev–Trinajstić information content (AvgIpc) is 3.36. The molecule has 3 aromatic rings. The van der Waals surface area contributed by atoms with Crippen LogP contribution in [0.1, 0.15) is 12.8 Å². The van der Waals surface area contributed by atoms with E-state index in [0.29, 0.717) is 37.3 Å². The molecule has 0 bridgehead atoms. The van der Waals surface area contributed by atoms with E-state index in [1.54, 1.807) is 6.20 Å². The number of anilines is 2. The lowest BCUT2D eigenvalue weighted by atomic mass is 10.1. The Morgan fingerprint density at radius 3 is 2.46 bits per heavy atom. The molecule has 5 rings (SSSR count). The lowest BCUT2D eigenvalue weighted by Gasteiger charge is -2.18. The number of nitrogens with zero attached hydrogens (tertiary/aromatic N) is 6. The van der Waals surface area contributed by atoms with Gasteiger partial charge in [-0.15, -0.1) is 0 Å². The zero-order chi connectivity index (χ0) is 19.1. The zero-order valence-electron chi connectivity index (χ0n) is 15.4. The average molecular weight is 380 g/mol. The van der Waals surface area contributed by atoms with Gasteiger partial charge in [0.15, 0.2) is 0 Å². The minimum absolute atomic E-state index is 0.288. The first-order chi connectivity index (χ1) is 13.7. The molecule has 144 valence electrons. The zero-order valence-corrected chi connectivity index (χ0v) is 15.4. The molecule has 0 spiro atoms. The summed E-state index contributed by atoms with van der Waals surface area (Å²) in [5.41, 5.74) is 3.00. The van der Waals surface area contributed by atoms with Gasteiger partial charge in [0.2, 0.25) is 0 Å². The number of pyridine rings is 2. The van der Waals surface area contributed by atoms with E-state index in [-0.39, 0.29) is 6.10 Å². The molecule has 2 aliphatic heterocycles. The molecule has 5 heterocycles. The summed E-state index contributed by atoms with van der Waals surface area (Å²) < 4.78 is 13.6. The summed E-state index contributed by atoms with van der Waals surface area (Å²) in [7, 11) is 0. The van der Waals surface area contributed by atoms with Gasteiger partial charge < -0.3 is 14.9 Å². The molecule has 8 heteroatoms. The van der Waals surface area contributed by atoms with Gasteiger partial charge in [-0.05, 0) is 37.1 Å². The van der Waals surface area contributed by atoms with E-state index in [2.05, 4.69) is 19.9 Å². The third-order valence-electron chi connectivity index (χ3n) is 5.43. The van der Waals surface area contributed by atoms with Crippen molar-refractivity contribution in [3.63, 3.8) is 0 Å². The molecule has 0 amide bonds.